The maximum atomic E-state index is 13.0. The van der Waals surface area contributed by atoms with Gasteiger partial charge in [0.25, 0.3) is 0 Å². The Balaban J connectivity index is 1.63. The van der Waals surface area contributed by atoms with E-state index in [0.29, 0.717) is 19.3 Å². The third-order valence-corrected chi connectivity index (χ3v) is 13.8. The fraction of sp³-hybridized carbons (Fsp3) is 0.853. The number of carbonyl (C=O) groups is 3. The number of ether oxygens (including phenoxy) is 2. The SMILES string of the molecule is CC(=O)OC[C@@]1(C)[C@@H]2CC[C@]3(C)[C@H]([C@H](OO)C=C4[C@@H]5CC(C)(C)CC[C@]5(C(=O)O)CC[C@]43C)[C@@]2(C)CC[C@@H]1OC(C)=O. The van der Waals surface area contributed by atoms with Crippen molar-refractivity contribution < 1.29 is 39.1 Å². The second-order valence-electron chi connectivity index (χ2n) is 16.3. The van der Waals surface area contributed by atoms with Crippen molar-refractivity contribution in [3.63, 3.8) is 0 Å². The lowest BCUT2D eigenvalue weighted by atomic mass is 9.33. The molecular formula is C34H52O8. The molecular weight excluding hydrogens is 536 g/mol. The molecule has 0 aromatic rings. The first-order valence-corrected chi connectivity index (χ1v) is 16.0. The van der Waals surface area contributed by atoms with Gasteiger partial charge in [-0.05, 0) is 91.3 Å². The van der Waals surface area contributed by atoms with Gasteiger partial charge in [0.15, 0.2) is 0 Å². The molecule has 5 rings (SSSR count). The summed E-state index contributed by atoms with van der Waals surface area (Å²) in [5.41, 5.74) is -1.02. The summed E-state index contributed by atoms with van der Waals surface area (Å²) in [5.74, 6) is -1.52. The average Bonchev–Trinajstić information content (AvgIpc) is 2.89. The van der Waals surface area contributed by atoms with Crippen LogP contribution in [-0.2, 0) is 28.7 Å². The van der Waals surface area contributed by atoms with Gasteiger partial charge >= 0.3 is 17.9 Å². The molecule has 4 fully saturated rings. The molecule has 0 spiro atoms. The summed E-state index contributed by atoms with van der Waals surface area (Å²) in [7, 11) is 0. The zero-order valence-corrected chi connectivity index (χ0v) is 26.9. The standard InChI is InChI=1S/C34H52O8/c1-20(35)40-19-31(6)25-9-12-33(8)27(30(25,5)11-10-26(31)41-21(2)36)24(42-39)17-22-23-18-29(3,4)13-15-34(23,28(37)38)16-14-32(22,33)7/h17,23-27,39H,9-16,18-19H2,1-8H3,(H,37,38)/t23-,24+,25+,26-,27+,30-,31-,32+,33+,34-/m0/s1. The number of esters is 2. The van der Waals surface area contributed by atoms with Gasteiger partial charge in [0.05, 0.1) is 5.41 Å². The minimum Gasteiger partial charge on any atom is -0.481 e. The van der Waals surface area contributed by atoms with Gasteiger partial charge in [0, 0.05) is 25.2 Å². The van der Waals surface area contributed by atoms with E-state index in [-0.39, 0.29) is 64.1 Å². The first kappa shape index (κ1) is 31.5. The zero-order valence-electron chi connectivity index (χ0n) is 26.9. The van der Waals surface area contributed by atoms with Gasteiger partial charge in [0.1, 0.15) is 18.8 Å². The Morgan fingerprint density at radius 3 is 2.17 bits per heavy atom. The summed E-state index contributed by atoms with van der Waals surface area (Å²) in [6.07, 6.45) is 8.06. The van der Waals surface area contributed by atoms with Gasteiger partial charge in [-0.2, -0.15) is 0 Å². The summed E-state index contributed by atoms with van der Waals surface area (Å²) in [5, 5.41) is 21.2. The van der Waals surface area contributed by atoms with Crippen LogP contribution in [0.1, 0.15) is 113 Å². The van der Waals surface area contributed by atoms with Crippen LogP contribution in [0.2, 0.25) is 0 Å². The normalized spacial score (nSPS) is 47.5. The van der Waals surface area contributed by atoms with Gasteiger partial charge in [-0.3, -0.25) is 19.6 Å². The van der Waals surface area contributed by atoms with Gasteiger partial charge in [-0.25, -0.2) is 4.89 Å². The molecule has 0 aromatic heterocycles. The van der Waals surface area contributed by atoms with Crippen molar-refractivity contribution in [1.82, 2.24) is 0 Å². The molecule has 4 saturated carbocycles. The third-order valence-electron chi connectivity index (χ3n) is 13.8. The lowest BCUT2D eigenvalue weighted by Gasteiger charge is -2.72. The Morgan fingerprint density at radius 2 is 1.57 bits per heavy atom. The number of hydrogen-bond donors (Lipinski definition) is 2. The Hall–Kier alpha value is -1.93. The van der Waals surface area contributed by atoms with Crippen molar-refractivity contribution >= 4 is 17.9 Å². The molecule has 42 heavy (non-hydrogen) atoms. The number of allylic oxidation sites excluding steroid dienone is 1. The molecule has 0 radical (unpaired) electrons. The predicted molar refractivity (Wildman–Crippen MR) is 156 cm³/mol. The van der Waals surface area contributed by atoms with Gasteiger partial charge in [0.2, 0.25) is 0 Å². The van der Waals surface area contributed by atoms with Crippen LogP contribution in [0.5, 0.6) is 0 Å². The number of carboxylic acids is 1. The topological polar surface area (TPSA) is 119 Å². The fourth-order valence-electron chi connectivity index (χ4n) is 11.4. The average molecular weight is 589 g/mol. The molecule has 10 atom stereocenters. The Kier molecular flexibility index (Phi) is 7.53. The molecule has 2 N–H and O–H groups in total. The predicted octanol–water partition coefficient (Wildman–Crippen LogP) is 6.82. The molecule has 0 unspecified atom stereocenters. The lowest BCUT2D eigenvalue weighted by Crippen LogP contribution is -2.69. The molecule has 5 aliphatic rings. The van der Waals surface area contributed by atoms with Crippen LogP contribution in [0, 0.1) is 50.2 Å². The summed E-state index contributed by atoms with van der Waals surface area (Å²) in [6.45, 7) is 16.5. The van der Waals surface area contributed by atoms with E-state index in [9.17, 15) is 24.7 Å². The van der Waals surface area contributed by atoms with Crippen LogP contribution in [-0.4, -0.2) is 47.1 Å². The smallest absolute Gasteiger partial charge is 0.310 e. The van der Waals surface area contributed by atoms with E-state index in [2.05, 4.69) is 47.6 Å². The van der Waals surface area contributed by atoms with Crippen molar-refractivity contribution in [3.8, 4) is 0 Å². The number of carboxylic acid groups (broad SMARTS) is 1. The lowest BCUT2D eigenvalue weighted by molar-refractivity contribution is -0.324. The second kappa shape index (κ2) is 10.0. The first-order valence-electron chi connectivity index (χ1n) is 16.0. The van der Waals surface area contributed by atoms with Crippen LogP contribution in [0.4, 0.5) is 0 Å². The largest absolute Gasteiger partial charge is 0.481 e. The van der Waals surface area contributed by atoms with Gasteiger partial charge in [-0.15, -0.1) is 0 Å². The monoisotopic (exact) mass is 588 g/mol. The van der Waals surface area contributed by atoms with E-state index in [0.717, 1.165) is 38.5 Å². The van der Waals surface area contributed by atoms with Gasteiger partial charge in [-0.1, -0.05) is 53.2 Å². The Labute approximate surface area is 250 Å². The summed E-state index contributed by atoms with van der Waals surface area (Å²) >= 11 is 0. The highest BCUT2D eigenvalue weighted by Gasteiger charge is 2.72. The molecule has 8 heteroatoms. The van der Waals surface area contributed by atoms with E-state index in [1.54, 1.807) is 0 Å². The van der Waals surface area contributed by atoms with Crippen molar-refractivity contribution in [2.75, 3.05) is 6.61 Å². The minimum absolute atomic E-state index is 0.0350. The number of rotatable bonds is 5. The van der Waals surface area contributed by atoms with E-state index in [1.165, 1.54) is 19.4 Å². The quantitative estimate of drug-likeness (QED) is 0.155. The van der Waals surface area contributed by atoms with Crippen molar-refractivity contribution in [2.45, 2.75) is 125 Å². The molecule has 0 heterocycles. The molecule has 0 saturated heterocycles. The molecule has 0 aliphatic heterocycles. The van der Waals surface area contributed by atoms with Crippen LogP contribution >= 0.6 is 0 Å². The highest BCUT2D eigenvalue weighted by Crippen LogP contribution is 2.76. The van der Waals surface area contributed by atoms with Gasteiger partial charge < -0.3 is 14.6 Å². The zero-order chi connectivity index (χ0) is 31.1. The van der Waals surface area contributed by atoms with E-state index < -0.39 is 22.9 Å². The fourth-order valence-corrected chi connectivity index (χ4v) is 11.4. The van der Waals surface area contributed by atoms with Crippen molar-refractivity contribution in [1.29, 1.82) is 0 Å². The number of aliphatic carboxylic acids is 1. The molecule has 8 nitrogen and oxygen atoms in total. The van der Waals surface area contributed by atoms with Crippen molar-refractivity contribution in [3.05, 3.63) is 11.6 Å². The summed E-state index contributed by atoms with van der Waals surface area (Å²) < 4.78 is 11.5. The third kappa shape index (κ3) is 4.32. The van der Waals surface area contributed by atoms with E-state index >= 15 is 0 Å². The Morgan fingerprint density at radius 1 is 0.905 bits per heavy atom. The van der Waals surface area contributed by atoms with Crippen LogP contribution in [0.25, 0.3) is 0 Å². The number of carbonyl (C=O) groups excluding carboxylic acids is 2. The maximum absolute atomic E-state index is 13.0. The highest BCUT2D eigenvalue weighted by molar-refractivity contribution is 5.76. The van der Waals surface area contributed by atoms with Crippen LogP contribution in [0.3, 0.4) is 0 Å². The second-order valence-corrected chi connectivity index (χ2v) is 16.3. The number of hydrogen-bond acceptors (Lipinski definition) is 7. The molecule has 0 aromatic carbocycles. The summed E-state index contributed by atoms with van der Waals surface area (Å²) in [6, 6.07) is 0. The number of fused-ring (bicyclic) bond motifs is 7. The Bertz CT molecular complexity index is 1180. The molecule has 0 amide bonds. The maximum Gasteiger partial charge on any atom is 0.310 e. The highest BCUT2D eigenvalue weighted by atomic mass is 17.1. The van der Waals surface area contributed by atoms with Crippen LogP contribution < -0.4 is 0 Å². The minimum atomic E-state index is -0.782. The molecule has 0 bridgehead atoms. The van der Waals surface area contributed by atoms with E-state index in [4.69, 9.17) is 14.4 Å². The van der Waals surface area contributed by atoms with Crippen LogP contribution in [0.15, 0.2) is 11.6 Å². The van der Waals surface area contributed by atoms with Crippen molar-refractivity contribution in [2.24, 2.45) is 50.2 Å². The molecule has 236 valence electrons. The summed E-state index contributed by atoms with van der Waals surface area (Å²) in [4.78, 5) is 42.5. The molecule has 5 aliphatic carbocycles. The first-order chi connectivity index (χ1) is 19.4. The van der Waals surface area contributed by atoms with E-state index in [1.807, 2.05) is 0 Å².